The van der Waals surface area contributed by atoms with Gasteiger partial charge in [-0.2, -0.15) is 0 Å². The van der Waals surface area contributed by atoms with Gasteiger partial charge in [-0.25, -0.2) is 0 Å². The molecule has 0 aromatic heterocycles. The van der Waals surface area contributed by atoms with E-state index in [-0.39, 0.29) is 6.61 Å². The zero-order valence-corrected chi connectivity index (χ0v) is 11.2. The van der Waals surface area contributed by atoms with Crippen molar-refractivity contribution >= 4 is 0 Å². The van der Waals surface area contributed by atoms with Crippen LogP contribution >= 0.6 is 0 Å². The molecule has 1 heteroatoms. The minimum atomic E-state index is 0.228. The van der Waals surface area contributed by atoms with Crippen molar-refractivity contribution in [3.05, 3.63) is 70.8 Å². The first kappa shape index (κ1) is 12.4. The summed E-state index contributed by atoms with van der Waals surface area (Å²) in [5.74, 6) is 0.549. The molecular weight excluding hydrogens is 232 g/mol. The van der Waals surface area contributed by atoms with Crippen molar-refractivity contribution in [1.29, 1.82) is 0 Å². The second kappa shape index (κ2) is 5.58. The summed E-state index contributed by atoms with van der Waals surface area (Å²) >= 11 is 0. The maximum Gasteiger partial charge on any atom is 0.0471 e. The Balaban J connectivity index is 1.90. The summed E-state index contributed by atoms with van der Waals surface area (Å²) in [5.41, 5.74) is 5.64. The lowest BCUT2D eigenvalue weighted by molar-refractivity contribution is 0.299. The van der Waals surface area contributed by atoms with Gasteiger partial charge in [0.25, 0.3) is 0 Å². The number of hydrogen-bond donors (Lipinski definition) is 1. The van der Waals surface area contributed by atoms with Crippen LogP contribution in [0.1, 0.15) is 41.0 Å². The molecule has 0 saturated carbocycles. The number of fused-ring (bicyclic) bond motifs is 1. The normalized spacial score (nSPS) is 18.1. The van der Waals surface area contributed by atoms with Crippen molar-refractivity contribution in [2.45, 2.75) is 31.6 Å². The molecule has 2 aromatic carbocycles. The fourth-order valence-corrected chi connectivity index (χ4v) is 3.15. The molecule has 1 aliphatic carbocycles. The van der Waals surface area contributed by atoms with Gasteiger partial charge in [0.1, 0.15) is 0 Å². The molecule has 3 rings (SSSR count). The first-order valence-corrected chi connectivity index (χ1v) is 7.16. The van der Waals surface area contributed by atoms with E-state index in [4.69, 9.17) is 5.11 Å². The Morgan fingerprint density at radius 3 is 2.58 bits per heavy atom. The summed E-state index contributed by atoms with van der Waals surface area (Å²) in [4.78, 5) is 0. The maximum atomic E-state index is 8.97. The van der Waals surface area contributed by atoms with Gasteiger partial charge in [0.2, 0.25) is 0 Å². The van der Waals surface area contributed by atoms with E-state index < -0.39 is 0 Å². The molecule has 98 valence electrons. The molecule has 1 N–H and O–H groups in total. The van der Waals surface area contributed by atoms with Crippen LogP contribution in [0.2, 0.25) is 0 Å². The molecular formula is C18H20O. The fraction of sp³-hybridized carbons (Fsp3) is 0.333. The van der Waals surface area contributed by atoms with Crippen LogP contribution in [-0.4, -0.2) is 11.7 Å². The Bertz CT molecular complexity index is 542. The van der Waals surface area contributed by atoms with Gasteiger partial charge >= 0.3 is 0 Å². The van der Waals surface area contributed by atoms with Crippen molar-refractivity contribution in [3.63, 3.8) is 0 Å². The Labute approximate surface area is 114 Å². The molecule has 1 unspecified atom stereocenters. The number of aliphatic hydroxyl groups excluding tert-OH is 1. The van der Waals surface area contributed by atoms with Gasteiger partial charge in [-0.1, -0.05) is 48.5 Å². The number of benzene rings is 2. The van der Waals surface area contributed by atoms with Gasteiger partial charge in [0.15, 0.2) is 0 Å². The quantitative estimate of drug-likeness (QED) is 0.883. The highest BCUT2D eigenvalue weighted by Crippen LogP contribution is 2.36. The summed E-state index contributed by atoms with van der Waals surface area (Å²) in [6.45, 7) is 0.228. The van der Waals surface area contributed by atoms with Crippen molar-refractivity contribution in [2.75, 3.05) is 6.61 Å². The molecule has 0 amide bonds. The van der Waals surface area contributed by atoms with E-state index in [1.807, 2.05) is 0 Å². The summed E-state index contributed by atoms with van der Waals surface area (Å²) in [7, 11) is 0. The number of rotatable bonds is 3. The van der Waals surface area contributed by atoms with E-state index in [1.165, 1.54) is 41.5 Å². The molecule has 0 bridgehead atoms. The molecule has 1 nitrogen and oxygen atoms in total. The summed E-state index contributed by atoms with van der Waals surface area (Å²) in [5, 5.41) is 8.97. The molecule has 0 fully saturated rings. The van der Waals surface area contributed by atoms with Crippen LogP contribution in [0.15, 0.2) is 48.5 Å². The van der Waals surface area contributed by atoms with Gasteiger partial charge in [-0.3, -0.25) is 0 Å². The predicted molar refractivity (Wildman–Crippen MR) is 78.5 cm³/mol. The monoisotopic (exact) mass is 252 g/mol. The fourth-order valence-electron chi connectivity index (χ4n) is 3.15. The molecule has 0 aliphatic heterocycles. The Morgan fingerprint density at radius 1 is 1.00 bits per heavy atom. The smallest absolute Gasteiger partial charge is 0.0471 e. The standard InChI is InChI=1S/C18H20O/c19-13-12-14-8-10-16(11-9-14)18-7-3-5-15-4-1-2-6-17(15)18/h1-2,4,6,8-11,18-19H,3,5,7,12-13H2. The second-order valence-corrected chi connectivity index (χ2v) is 5.36. The highest BCUT2D eigenvalue weighted by Gasteiger charge is 2.20. The average Bonchev–Trinajstić information content (AvgIpc) is 2.48. The van der Waals surface area contributed by atoms with Crippen LogP contribution in [0.3, 0.4) is 0 Å². The zero-order chi connectivity index (χ0) is 13.1. The summed E-state index contributed by atoms with van der Waals surface area (Å²) in [6, 6.07) is 17.6. The minimum Gasteiger partial charge on any atom is -0.396 e. The molecule has 0 saturated heterocycles. The van der Waals surface area contributed by atoms with Gasteiger partial charge in [0, 0.05) is 12.5 Å². The molecule has 1 atom stereocenters. The third-order valence-corrected chi connectivity index (χ3v) is 4.15. The van der Waals surface area contributed by atoms with Gasteiger partial charge in [0.05, 0.1) is 0 Å². The second-order valence-electron chi connectivity index (χ2n) is 5.36. The topological polar surface area (TPSA) is 20.2 Å². The van der Waals surface area contributed by atoms with E-state index in [9.17, 15) is 0 Å². The highest BCUT2D eigenvalue weighted by molar-refractivity contribution is 5.40. The number of aryl methyl sites for hydroxylation is 1. The Hall–Kier alpha value is -1.60. The van der Waals surface area contributed by atoms with Crippen LogP contribution in [0.4, 0.5) is 0 Å². The summed E-state index contributed by atoms with van der Waals surface area (Å²) in [6.07, 6.45) is 4.49. The Morgan fingerprint density at radius 2 is 1.79 bits per heavy atom. The zero-order valence-electron chi connectivity index (χ0n) is 11.2. The van der Waals surface area contributed by atoms with Crippen LogP contribution in [-0.2, 0) is 12.8 Å². The van der Waals surface area contributed by atoms with E-state index in [0.717, 1.165) is 6.42 Å². The maximum absolute atomic E-state index is 8.97. The third kappa shape index (κ3) is 2.57. The average molecular weight is 252 g/mol. The van der Waals surface area contributed by atoms with Gasteiger partial charge in [-0.05, 0) is 47.9 Å². The SMILES string of the molecule is OCCc1ccc(C2CCCc3ccccc32)cc1. The van der Waals surface area contributed by atoms with E-state index in [0.29, 0.717) is 5.92 Å². The first-order valence-electron chi connectivity index (χ1n) is 7.16. The van der Waals surface area contributed by atoms with Crippen molar-refractivity contribution < 1.29 is 5.11 Å². The molecule has 1 aliphatic rings. The van der Waals surface area contributed by atoms with Crippen molar-refractivity contribution in [2.24, 2.45) is 0 Å². The molecule has 2 aromatic rings. The van der Waals surface area contributed by atoms with Crippen LogP contribution in [0.25, 0.3) is 0 Å². The Kier molecular flexibility index (Phi) is 3.65. The highest BCUT2D eigenvalue weighted by atomic mass is 16.2. The van der Waals surface area contributed by atoms with Gasteiger partial charge < -0.3 is 5.11 Å². The number of aliphatic hydroxyl groups is 1. The first-order chi connectivity index (χ1) is 9.38. The minimum absolute atomic E-state index is 0.228. The lowest BCUT2D eigenvalue weighted by atomic mass is 9.79. The lowest BCUT2D eigenvalue weighted by Gasteiger charge is -2.26. The van der Waals surface area contributed by atoms with E-state index in [1.54, 1.807) is 0 Å². The van der Waals surface area contributed by atoms with Crippen molar-refractivity contribution in [1.82, 2.24) is 0 Å². The largest absolute Gasteiger partial charge is 0.396 e. The van der Waals surface area contributed by atoms with Crippen molar-refractivity contribution in [3.8, 4) is 0 Å². The predicted octanol–water partition coefficient (Wildman–Crippen LogP) is 3.69. The van der Waals surface area contributed by atoms with Gasteiger partial charge in [-0.15, -0.1) is 0 Å². The summed E-state index contributed by atoms with van der Waals surface area (Å²) < 4.78 is 0. The van der Waals surface area contributed by atoms with E-state index in [2.05, 4.69) is 48.5 Å². The third-order valence-electron chi connectivity index (χ3n) is 4.15. The molecule has 0 spiro atoms. The number of hydrogen-bond acceptors (Lipinski definition) is 1. The molecule has 0 radical (unpaired) electrons. The molecule has 0 heterocycles. The van der Waals surface area contributed by atoms with Crippen LogP contribution in [0, 0.1) is 0 Å². The van der Waals surface area contributed by atoms with Crippen LogP contribution < -0.4 is 0 Å². The van der Waals surface area contributed by atoms with E-state index >= 15 is 0 Å². The van der Waals surface area contributed by atoms with Crippen LogP contribution in [0.5, 0.6) is 0 Å². The lowest BCUT2D eigenvalue weighted by Crippen LogP contribution is -2.10. The molecule has 19 heavy (non-hydrogen) atoms.